The van der Waals surface area contributed by atoms with Crippen LogP contribution >= 0.6 is 0 Å². The summed E-state index contributed by atoms with van der Waals surface area (Å²) in [4.78, 5) is 52.6. The minimum atomic E-state index is -0.262. The molecule has 1 aromatic carbocycles. The summed E-state index contributed by atoms with van der Waals surface area (Å²) in [6.07, 6.45) is 8.60. The first-order valence-electron chi connectivity index (χ1n) is 12.8. The molecule has 0 bridgehead atoms. The highest BCUT2D eigenvalue weighted by Crippen LogP contribution is 2.27. The van der Waals surface area contributed by atoms with Gasteiger partial charge in [0, 0.05) is 31.4 Å². The fourth-order valence-electron chi connectivity index (χ4n) is 4.85. The number of amides is 1. The molecular weight excluding hydrogens is 456 g/mol. The highest BCUT2D eigenvalue weighted by molar-refractivity contribution is 6.05. The maximum atomic E-state index is 13.4. The first-order chi connectivity index (χ1) is 17.4. The van der Waals surface area contributed by atoms with E-state index in [2.05, 4.69) is 39.1 Å². The Morgan fingerprint density at radius 1 is 1.25 bits per heavy atom. The smallest absolute Gasteiger partial charge is 0.261 e. The van der Waals surface area contributed by atoms with Crippen molar-refractivity contribution in [3.8, 4) is 11.4 Å². The summed E-state index contributed by atoms with van der Waals surface area (Å²) >= 11 is 0. The molecule has 0 atom stereocenters. The van der Waals surface area contributed by atoms with Crippen molar-refractivity contribution in [3.63, 3.8) is 0 Å². The molecule has 4 rings (SSSR count). The van der Waals surface area contributed by atoms with Crippen molar-refractivity contribution in [2.24, 2.45) is 0 Å². The molecule has 9 nitrogen and oxygen atoms in total. The highest BCUT2D eigenvalue weighted by Gasteiger charge is 2.27. The molecule has 0 spiro atoms. The average Bonchev–Trinajstić information content (AvgIpc) is 3.29. The molecule has 1 amide bonds. The fourth-order valence-corrected chi connectivity index (χ4v) is 4.85. The topological polar surface area (TPSA) is 114 Å². The van der Waals surface area contributed by atoms with Crippen LogP contribution in [0.15, 0.2) is 29.2 Å². The number of unbranched alkanes of at least 4 members (excludes halogenated alkanes) is 3. The van der Waals surface area contributed by atoms with Crippen LogP contribution in [0.25, 0.3) is 22.4 Å². The number of piperidine rings is 1. The molecule has 0 saturated carbocycles. The van der Waals surface area contributed by atoms with Crippen molar-refractivity contribution in [1.29, 1.82) is 0 Å². The molecule has 1 fully saturated rings. The van der Waals surface area contributed by atoms with Gasteiger partial charge in [-0.3, -0.25) is 14.4 Å². The first kappa shape index (κ1) is 25.6. The highest BCUT2D eigenvalue weighted by atomic mass is 16.2. The van der Waals surface area contributed by atoms with Crippen molar-refractivity contribution in [3.05, 3.63) is 45.9 Å². The van der Waals surface area contributed by atoms with Crippen LogP contribution in [0.1, 0.15) is 66.2 Å². The molecule has 192 valence electrons. The number of nitrogens with zero attached hydrogens (tertiary/aromatic N) is 3. The van der Waals surface area contributed by atoms with Gasteiger partial charge in [-0.05, 0) is 57.6 Å². The third-order valence-electron chi connectivity index (χ3n) is 7.11. The van der Waals surface area contributed by atoms with Crippen LogP contribution in [0.5, 0.6) is 0 Å². The number of hydrogen-bond donors (Lipinski definition) is 3. The van der Waals surface area contributed by atoms with Gasteiger partial charge in [0.1, 0.15) is 11.4 Å². The Hall–Kier alpha value is -3.46. The molecule has 3 N–H and O–H groups in total. The Bertz CT molecular complexity index is 1270. The number of aromatic amines is 2. The molecule has 2 aromatic heterocycles. The molecule has 3 aromatic rings. The molecule has 1 saturated heterocycles. The van der Waals surface area contributed by atoms with Gasteiger partial charge in [0.2, 0.25) is 0 Å². The van der Waals surface area contributed by atoms with Crippen LogP contribution in [-0.4, -0.2) is 76.7 Å². The molecule has 1 aliphatic heterocycles. The second-order valence-electron chi connectivity index (χ2n) is 9.69. The Labute approximate surface area is 211 Å². The number of anilines is 1. The quantitative estimate of drug-likeness (QED) is 0.292. The van der Waals surface area contributed by atoms with Gasteiger partial charge in [0.05, 0.1) is 22.3 Å². The van der Waals surface area contributed by atoms with E-state index in [0.717, 1.165) is 51.7 Å². The SMILES string of the molecule is CCCCCCNc1cc[nH]c(=O)c1-c1nc2cc(C(=O)N(C)C3CCN(C)CC3)c(C=O)cc2[nH]1. The molecule has 1 aliphatic rings. The number of hydrogen-bond acceptors (Lipinski definition) is 6. The van der Waals surface area contributed by atoms with E-state index in [-0.39, 0.29) is 17.5 Å². The number of likely N-dealkylation sites (tertiary alicyclic amines) is 1. The van der Waals surface area contributed by atoms with E-state index in [0.29, 0.717) is 45.5 Å². The van der Waals surface area contributed by atoms with Crippen molar-refractivity contribution in [1.82, 2.24) is 24.8 Å². The van der Waals surface area contributed by atoms with Crippen molar-refractivity contribution >= 4 is 28.9 Å². The van der Waals surface area contributed by atoms with E-state index in [1.807, 2.05) is 6.07 Å². The van der Waals surface area contributed by atoms with E-state index in [1.54, 1.807) is 30.3 Å². The third-order valence-corrected chi connectivity index (χ3v) is 7.11. The number of H-pyrrole nitrogens is 2. The third kappa shape index (κ3) is 5.51. The van der Waals surface area contributed by atoms with E-state index in [4.69, 9.17) is 0 Å². The Kier molecular flexibility index (Phi) is 8.20. The number of imidazole rings is 1. The van der Waals surface area contributed by atoms with Gasteiger partial charge in [-0.1, -0.05) is 26.2 Å². The maximum Gasteiger partial charge on any atom is 0.261 e. The molecule has 36 heavy (non-hydrogen) atoms. The molecule has 0 aliphatic carbocycles. The molecule has 9 heteroatoms. The largest absolute Gasteiger partial charge is 0.384 e. The van der Waals surface area contributed by atoms with Gasteiger partial charge in [-0.15, -0.1) is 0 Å². The van der Waals surface area contributed by atoms with E-state index < -0.39 is 0 Å². The number of aldehydes is 1. The minimum Gasteiger partial charge on any atom is -0.384 e. The monoisotopic (exact) mass is 492 g/mol. The summed E-state index contributed by atoms with van der Waals surface area (Å²) in [5.74, 6) is 0.207. The number of benzene rings is 1. The predicted molar refractivity (Wildman–Crippen MR) is 143 cm³/mol. The van der Waals surface area contributed by atoms with Crippen LogP contribution in [0.4, 0.5) is 5.69 Å². The Morgan fingerprint density at radius 2 is 2.03 bits per heavy atom. The van der Waals surface area contributed by atoms with Crippen LogP contribution in [0, 0.1) is 0 Å². The van der Waals surface area contributed by atoms with Gasteiger partial charge in [0.25, 0.3) is 11.5 Å². The number of fused-ring (bicyclic) bond motifs is 1. The lowest BCUT2D eigenvalue weighted by Gasteiger charge is -2.35. The minimum absolute atomic E-state index is 0.132. The zero-order chi connectivity index (χ0) is 25.7. The summed E-state index contributed by atoms with van der Waals surface area (Å²) in [6, 6.07) is 5.25. The van der Waals surface area contributed by atoms with Gasteiger partial charge >= 0.3 is 0 Å². The lowest BCUT2D eigenvalue weighted by atomic mass is 10.0. The van der Waals surface area contributed by atoms with Crippen LogP contribution in [0.3, 0.4) is 0 Å². The lowest BCUT2D eigenvalue weighted by molar-refractivity contribution is 0.0657. The van der Waals surface area contributed by atoms with E-state index in [9.17, 15) is 14.4 Å². The Morgan fingerprint density at radius 3 is 2.75 bits per heavy atom. The van der Waals surface area contributed by atoms with Gasteiger partial charge in [0.15, 0.2) is 6.29 Å². The summed E-state index contributed by atoms with van der Waals surface area (Å²) in [5.41, 5.74) is 2.61. The molecular formula is C27H36N6O3. The maximum absolute atomic E-state index is 13.4. The van der Waals surface area contributed by atoms with Gasteiger partial charge < -0.3 is 25.1 Å². The van der Waals surface area contributed by atoms with E-state index in [1.165, 1.54) is 6.42 Å². The lowest BCUT2D eigenvalue weighted by Crippen LogP contribution is -2.44. The van der Waals surface area contributed by atoms with Crippen LogP contribution < -0.4 is 10.9 Å². The van der Waals surface area contributed by atoms with Crippen LogP contribution in [0.2, 0.25) is 0 Å². The molecule has 0 unspecified atom stereocenters. The van der Waals surface area contributed by atoms with Crippen LogP contribution in [-0.2, 0) is 0 Å². The van der Waals surface area contributed by atoms with Gasteiger partial charge in [-0.2, -0.15) is 0 Å². The second kappa shape index (κ2) is 11.5. The summed E-state index contributed by atoms with van der Waals surface area (Å²) in [7, 11) is 3.88. The second-order valence-corrected chi connectivity index (χ2v) is 9.69. The zero-order valence-electron chi connectivity index (χ0n) is 21.4. The average molecular weight is 493 g/mol. The summed E-state index contributed by atoms with van der Waals surface area (Å²) < 4.78 is 0. The van der Waals surface area contributed by atoms with Crippen molar-refractivity contribution in [2.75, 3.05) is 39.0 Å². The Balaban J connectivity index is 1.63. The number of carbonyl (C=O) groups is 2. The fraction of sp³-hybridized carbons (Fsp3) is 0.481. The predicted octanol–water partition coefficient (Wildman–Crippen LogP) is 3.89. The summed E-state index contributed by atoms with van der Waals surface area (Å²) in [6.45, 7) is 4.80. The molecule has 3 heterocycles. The standard InChI is InChI=1S/C27H36N6O3/c1-4-5-6-7-11-28-21-8-12-29-26(35)24(21)25-30-22-15-18(17-34)20(16-23(22)31-25)27(36)33(3)19-9-13-32(2)14-10-19/h8,12,15-17,19H,4-7,9-11,13-14H2,1-3H3,(H,30,31)(H2,28,29,35). The number of rotatable bonds is 10. The van der Waals surface area contributed by atoms with Crippen molar-refractivity contribution < 1.29 is 9.59 Å². The number of aromatic nitrogens is 3. The van der Waals surface area contributed by atoms with E-state index >= 15 is 0 Å². The zero-order valence-corrected chi connectivity index (χ0v) is 21.4. The summed E-state index contributed by atoms with van der Waals surface area (Å²) in [5, 5.41) is 3.36. The van der Waals surface area contributed by atoms with Crippen molar-refractivity contribution in [2.45, 2.75) is 51.5 Å². The molecule has 0 radical (unpaired) electrons. The van der Waals surface area contributed by atoms with Gasteiger partial charge in [-0.25, -0.2) is 4.98 Å². The first-order valence-corrected chi connectivity index (χ1v) is 12.8. The number of carbonyl (C=O) groups excluding carboxylic acids is 2. The normalized spacial score (nSPS) is 14.8. The number of nitrogens with one attached hydrogen (secondary N) is 3. The number of pyridine rings is 1.